The van der Waals surface area contributed by atoms with Crippen LogP contribution in [0.15, 0.2) is 34.0 Å². The Bertz CT molecular complexity index is 890. The monoisotopic (exact) mass is 461 g/mol. The molecular formula is C18H18F3N3O4S2. The van der Waals surface area contributed by atoms with Crippen LogP contribution in [-0.2, 0) is 4.79 Å². The number of aromatic nitrogens is 1. The van der Waals surface area contributed by atoms with Gasteiger partial charge in [0.2, 0.25) is 5.91 Å². The number of carbonyl (C=O) groups is 2. The number of alkyl halides is 3. The van der Waals surface area contributed by atoms with Gasteiger partial charge < -0.3 is 20.1 Å². The summed E-state index contributed by atoms with van der Waals surface area (Å²) < 4.78 is 41.1. The van der Waals surface area contributed by atoms with Gasteiger partial charge in [-0.05, 0) is 30.7 Å². The van der Waals surface area contributed by atoms with Crippen LogP contribution in [0, 0.1) is 0 Å². The number of thiazole rings is 1. The Morgan fingerprint density at radius 1 is 1.37 bits per heavy atom. The Kier molecular flexibility index (Phi) is 7.08. The normalized spacial score (nSPS) is 16.7. The molecule has 2 N–H and O–H groups in total. The van der Waals surface area contributed by atoms with Crippen molar-refractivity contribution in [3.05, 3.63) is 35.3 Å². The van der Waals surface area contributed by atoms with E-state index >= 15 is 0 Å². The van der Waals surface area contributed by atoms with E-state index < -0.39 is 12.3 Å². The molecule has 1 aromatic heterocycles. The van der Waals surface area contributed by atoms with E-state index in [9.17, 15) is 22.8 Å². The standard InChI is InChI=1S/C18H18F3N3O4S2/c19-18(20,21)28-13-4-1-11(2-5-13)22-9-12-3-6-15(25)24(12)7-8-29-17-23-14(10-30-17)16(26)27/h1-2,4-5,10,12,22H,3,6-9H2,(H,26,27). The number of nitrogens with one attached hydrogen (secondary N) is 1. The molecule has 12 heteroatoms. The van der Waals surface area contributed by atoms with Crippen molar-refractivity contribution in [1.82, 2.24) is 9.88 Å². The maximum absolute atomic E-state index is 12.2. The highest BCUT2D eigenvalue weighted by molar-refractivity contribution is 8.01. The summed E-state index contributed by atoms with van der Waals surface area (Å²) in [5.74, 6) is -0.743. The van der Waals surface area contributed by atoms with Crippen LogP contribution in [0.1, 0.15) is 23.3 Å². The van der Waals surface area contributed by atoms with E-state index in [1.54, 1.807) is 4.90 Å². The van der Waals surface area contributed by atoms with Crippen molar-refractivity contribution >= 4 is 40.7 Å². The number of hydrogen-bond donors (Lipinski definition) is 2. The minimum absolute atomic E-state index is 0.00785. The highest BCUT2D eigenvalue weighted by atomic mass is 32.2. The number of likely N-dealkylation sites (tertiary alicyclic amines) is 1. The largest absolute Gasteiger partial charge is 0.573 e. The first-order valence-electron chi connectivity index (χ1n) is 8.92. The molecule has 1 saturated heterocycles. The summed E-state index contributed by atoms with van der Waals surface area (Å²) in [5.41, 5.74) is 0.635. The SMILES string of the molecule is O=C(O)c1csc(SCCN2C(=O)CCC2CNc2ccc(OC(F)(F)F)cc2)n1. The zero-order valence-electron chi connectivity index (χ0n) is 15.5. The molecule has 1 aromatic carbocycles. The maximum Gasteiger partial charge on any atom is 0.573 e. The van der Waals surface area contributed by atoms with Gasteiger partial charge in [-0.2, -0.15) is 0 Å². The number of ether oxygens (including phenoxy) is 1. The van der Waals surface area contributed by atoms with E-state index in [0.717, 1.165) is 0 Å². The summed E-state index contributed by atoms with van der Waals surface area (Å²) in [6, 6.07) is 5.39. The number of nitrogens with zero attached hydrogens (tertiary/aromatic N) is 2. The number of halogens is 3. The first-order chi connectivity index (χ1) is 14.2. The van der Waals surface area contributed by atoms with Crippen LogP contribution in [0.3, 0.4) is 0 Å². The lowest BCUT2D eigenvalue weighted by atomic mass is 10.2. The molecule has 0 saturated carbocycles. The molecule has 1 amide bonds. The molecule has 1 aliphatic rings. The van der Waals surface area contributed by atoms with Gasteiger partial charge >= 0.3 is 12.3 Å². The molecule has 0 spiro atoms. The summed E-state index contributed by atoms with van der Waals surface area (Å²) in [6.45, 7) is 0.965. The number of carboxylic acids is 1. The fraction of sp³-hybridized carbons (Fsp3) is 0.389. The molecule has 1 atom stereocenters. The van der Waals surface area contributed by atoms with Gasteiger partial charge in [0, 0.05) is 42.4 Å². The highest BCUT2D eigenvalue weighted by Gasteiger charge is 2.31. The van der Waals surface area contributed by atoms with Crippen molar-refractivity contribution in [2.45, 2.75) is 29.6 Å². The first kappa shape index (κ1) is 22.2. The molecule has 3 rings (SSSR count). The van der Waals surface area contributed by atoms with Crippen molar-refractivity contribution in [3.8, 4) is 5.75 Å². The number of hydrogen-bond acceptors (Lipinski definition) is 7. The smallest absolute Gasteiger partial charge is 0.476 e. The summed E-state index contributed by atoms with van der Waals surface area (Å²) >= 11 is 2.64. The highest BCUT2D eigenvalue weighted by Crippen LogP contribution is 2.26. The average molecular weight is 461 g/mol. The van der Waals surface area contributed by atoms with Gasteiger partial charge in [-0.3, -0.25) is 4.79 Å². The molecule has 1 fully saturated rings. The third-order valence-electron chi connectivity index (χ3n) is 4.34. The molecule has 30 heavy (non-hydrogen) atoms. The molecule has 7 nitrogen and oxygen atoms in total. The number of aromatic carboxylic acids is 1. The summed E-state index contributed by atoms with van der Waals surface area (Å²) in [4.78, 5) is 28.8. The average Bonchev–Trinajstić information content (AvgIpc) is 3.28. The summed E-state index contributed by atoms with van der Waals surface area (Å²) in [6.07, 6.45) is -3.60. The van der Waals surface area contributed by atoms with Gasteiger partial charge in [0.1, 0.15) is 5.75 Å². The second-order valence-corrected chi connectivity index (χ2v) is 8.59. The minimum Gasteiger partial charge on any atom is -0.476 e. The number of thioether (sulfide) groups is 1. The zero-order valence-corrected chi connectivity index (χ0v) is 17.1. The van der Waals surface area contributed by atoms with Crippen molar-refractivity contribution in [3.63, 3.8) is 0 Å². The molecule has 0 bridgehead atoms. The first-order valence-corrected chi connectivity index (χ1v) is 10.8. The van der Waals surface area contributed by atoms with E-state index in [1.165, 1.54) is 52.7 Å². The Balaban J connectivity index is 1.48. The molecule has 1 aliphatic heterocycles. The quantitative estimate of drug-likeness (QED) is 0.547. The van der Waals surface area contributed by atoms with Gasteiger partial charge in [0.15, 0.2) is 10.0 Å². The molecule has 0 aliphatic carbocycles. The van der Waals surface area contributed by atoms with Crippen LogP contribution in [-0.4, -0.2) is 58.1 Å². The zero-order chi connectivity index (χ0) is 21.7. The molecule has 0 radical (unpaired) electrons. The Labute approximate surface area is 178 Å². The van der Waals surface area contributed by atoms with E-state index in [0.29, 0.717) is 41.7 Å². The molecule has 1 unspecified atom stereocenters. The van der Waals surface area contributed by atoms with Crippen LogP contribution < -0.4 is 10.1 Å². The summed E-state index contributed by atoms with van der Waals surface area (Å²) in [5, 5.41) is 13.5. The second kappa shape index (κ2) is 9.56. The van der Waals surface area contributed by atoms with Gasteiger partial charge in [-0.15, -0.1) is 24.5 Å². The van der Waals surface area contributed by atoms with Crippen LogP contribution >= 0.6 is 23.1 Å². The van der Waals surface area contributed by atoms with Crippen molar-refractivity contribution in [2.24, 2.45) is 0 Å². The van der Waals surface area contributed by atoms with E-state index in [4.69, 9.17) is 5.11 Å². The van der Waals surface area contributed by atoms with Crippen LogP contribution in [0.2, 0.25) is 0 Å². The predicted octanol–water partition coefficient (Wildman–Crippen LogP) is 3.94. The summed E-state index contributed by atoms with van der Waals surface area (Å²) in [7, 11) is 0. The minimum atomic E-state index is -4.73. The number of benzene rings is 1. The number of amides is 1. The van der Waals surface area contributed by atoms with Crippen LogP contribution in [0.25, 0.3) is 0 Å². The third kappa shape index (κ3) is 6.26. The number of rotatable bonds is 9. The molecule has 162 valence electrons. The topological polar surface area (TPSA) is 91.8 Å². The van der Waals surface area contributed by atoms with E-state index in [2.05, 4.69) is 15.0 Å². The maximum atomic E-state index is 12.2. The van der Waals surface area contributed by atoms with Crippen molar-refractivity contribution < 1.29 is 32.6 Å². The molecular weight excluding hydrogens is 443 g/mol. The predicted molar refractivity (Wildman–Crippen MR) is 106 cm³/mol. The van der Waals surface area contributed by atoms with Gasteiger partial charge in [-0.1, -0.05) is 11.8 Å². The van der Waals surface area contributed by atoms with Crippen LogP contribution in [0.4, 0.5) is 18.9 Å². The van der Waals surface area contributed by atoms with Gasteiger partial charge in [0.05, 0.1) is 0 Å². The molecule has 2 aromatic rings. The number of anilines is 1. The van der Waals surface area contributed by atoms with Crippen molar-refractivity contribution in [2.75, 3.05) is 24.2 Å². The third-order valence-corrected chi connectivity index (χ3v) is 6.34. The van der Waals surface area contributed by atoms with E-state index in [-0.39, 0.29) is 23.4 Å². The van der Waals surface area contributed by atoms with E-state index in [1.807, 2.05) is 0 Å². The van der Waals surface area contributed by atoms with Crippen LogP contribution in [0.5, 0.6) is 5.75 Å². The Morgan fingerprint density at radius 3 is 2.73 bits per heavy atom. The Morgan fingerprint density at radius 2 is 2.10 bits per heavy atom. The fourth-order valence-corrected chi connectivity index (χ4v) is 4.78. The number of carboxylic acid groups (broad SMARTS) is 1. The lowest BCUT2D eigenvalue weighted by Crippen LogP contribution is -2.39. The number of carbonyl (C=O) groups excluding carboxylic acids is 1. The Hall–Kier alpha value is -2.47. The fourth-order valence-electron chi connectivity index (χ4n) is 2.98. The lowest BCUT2D eigenvalue weighted by Gasteiger charge is -2.25. The lowest BCUT2D eigenvalue weighted by molar-refractivity contribution is -0.274. The van der Waals surface area contributed by atoms with Crippen molar-refractivity contribution in [1.29, 1.82) is 0 Å². The second-order valence-electron chi connectivity index (χ2n) is 6.38. The van der Waals surface area contributed by atoms with Gasteiger partial charge in [-0.25, -0.2) is 9.78 Å². The van der Waals surface area contributed by atoms with Gasteiger partial charge in [0.25, 0.3) is 0 Å². The molecule has 2 heterocycles.